The van der Waals surface area contributed by atoms with Crippen molar-refractivity contribution in [1.29, 1.82) is 0 Å². The molecule has 7 heteroatoms. The number of piperidine rings is 1. The Morgan fingerprint density at radius 1 is 1.22 bits per heavy atom. The topological polar surface area (TPSA) is 67.7 Å². The summed E-state index contributed by atoms with van der Waals surface area (Å²) in [5.41, 5.74) is 1.71. The van der Waals surface area contributed by atoms with Gasteiger partial charge in [0.2, 0.25) is 0 Å². The third-order valence-electron chi connectivity index (χ3n) is 5.39. The second kappa shape index (κ2) is 6.81. The Morgan fingerprint density at radius 2 is 2.00 bits per heavy atom. The molecule has 4 rings (SSSR count). The average Bonchev–Trinajstić information content (AvgIpc) is 3.02. The Balaban J connectivity index is 1.55. The molecule has 1 aromatic carbocycles. The number of hydrogen-bond donors (Lipinski definition) is 0. The number of carbonyl (C=O) groups is 2. The van der Waals surface area contributed by atoms with Crippen molar-refractivity contribution in [2.45, 2.75) is 25.4 Å². The van der Waals surface area contributed by atoms with Gasteiger partial charge in [0.15, 0.2) is 0 Å². The van der Waals surface area contributed by atoms with Gasteiger partial charge in [0.05, 0.1) is 24.3 Å². The lowest BCUT2D eigenvalue weighted by Gasteiger charge is -2.47. The summed E-state index contributed by atoms with van der Waals surface area (Å²) in [6.07, 6.45) is 3.45. The molecule has 1 atom stereocenters. The van der Waals surface area contributed by atoms with Gasteiger partial charge in [0.1, 0.15) is 12.2 Å². The molecule has 2 aliphatic heterocycles. The first kappa shape index (κ1) is 17.7. The minimum atomic E-state index is -0.520. The maximum absolute atomic E-state index is 13.0. The molecular formula is C20H24N4O3. The summed E-state index contributed by atoms with van der Waals surface area (Å²) in [6, 6.07) is 9.64. The summed E-state index contributed by atoms with van der Waals surface area (Å²) in [5.74, 6) is -0.0650. The van der Waals surface area contributed by atoms with E-state index in [0.29, 0.717) is 25.2 Å². The Kier molecular flexibility index (Phi) is 4.47. The fourth-order valence-electron chi connectivity index (χ4n) is 4.06. The number of likely N-dealkylation sites (tertiary alicyclic amines) is 1. The highest BCUT2D eigenvalue weighted by molar-refractivity contribution is 5.96. The highest BCUT2D eigenvalue weighted by Crippen LogP contribution is 2.32. The van der Waals surface area contributed by atoms with E-state index in [-0.39, 0.29) is 18.4 Å². The molecule has 3 heterocycles. The number of aryl methyl sites for hydroxylation is 2. The standard InChI is InChI=1S/C20H24N4O3/c1-15-17(11-22(2)21-15)19(26)23-10-6-9-20(13-23)14-24(18(25)12-27-20)16-7-4-3-5-8-16/h3-5,7-8,11H,6,9-10,12-14H2,1-2H3. The fraction of sp³-hybridized carbons (Fsp3) is 0.450. The number of ether oxygens (including phenoxy) is 1. The van der Waals surface area contributed by atoms with E-state index in [1.807, 2.05) is 49.2 Å². The Hall–Kier alpha value is -2.67. The second-order valence-corrected chi connectivity index (χ2v) is 7.42. The molecule has 0 radical (unpaired) electrons. The van der Waals surface area contributed by atoms with Crippen molar-refractivity contribution < 1.29 is 14.3 Å². The first-order chi connectivity index (χ1) is 13.0. The number of benzene rings is 1. The molecule has 1 spiro atoms. The van der Waals surface area contributed by atoms with Crippen LogP contribution in [-0.4, -0.2) is 58.3 Å². The normalized spacial score (nSPS) is 23.1. The molecule has 0 N–H and O–H groups in total. The average molecular weight is 368 g/mol. The molecule has 1 aromatic heterocycles. The minimum absolute atomic E-state index is 0.0218. The summed E-state index contributed by atoms with van der Waals surface area (Å²) in [5, 5.41) is 4.28. The van der Waals surface area contributed by atoms with Crippen LogP contribution in [0.4, 0.5) is 5.69 Å². The van der Waals surface area contributed by atoms with Crippen molar-refractivity contribution in [3.8, 4) is 0 Å². The molecule has 0 aliphatic carbocycles. The summed E-state index contributed by atoms with van der Waals surface area (Å²) in [7, 11) is 1.81. The van der Waals surface area contributed by atoms with Gasteiger partial charge in [0.25, 0.3) is 11.8 Å². The lowest BCUT2D eigenvalue weighted by molar-refractivity contribution is -0.144. The Labute approximate surface area is 158 Å². The fourth-order valence-corrected chi connectivity index (χ4v) is 4.06. The zero-order valence-electron chi connectivity index (χ0n) is 15.7. The number of para-hydroxylation sites is 1. The zero-order valence-corrected chi connectivity index (χ0v) is 15.7. The van der Waals surface area contributed by atoms with Gasteiger partial charge in [-0.1, -0.05) is 18.2 Å². The number of rotatable bonds is 2. The van der Waals surface area contributed by atoms with Crippen LogP contribution < -0.4 is 4.90 Å². The summed E-state index contributed by atoms with van der Waals surface area (Å²) < 4.78 is 7.68. The number of nitrogens with zero attached hydrogens (tertiary/aromatic N) is 4. The third-order valence-corrected chi connectivity index (χ3v) is 5.39. The number of hydrogen-bond acceptors (Lipinski definition) is 4. The maximum Gasteiger partial charge on any atom is 0.257 e. The summed E-state index contributed by atoms with van der Waals surface area (Å²) >= 11 is 0. The number of anilines is 1. The molecular weight excluding hydrogens is 344 g/mol. The molecule has 2 amide bonds. The Morgan fingerprint density at radius 3 is 2.70 bits per heavy atom. The van der Waals surface area contributed by atoms with Crippen LogP contribution in [0, 0.1) is 6.92 Å². The van der Waals surface area contributed by atoms with Crippen LogP contribution in [0.5, 0.6) is 0 Å². The molecule has 0 bridgehead atoms. The lowest BCUT2D eigenvalue weighted by Crippen LogP contribution is -2.62. The second-order valence-electron chi connectivity index (χ2n) is 7.42. The van der Waals surface area contributed by atoms with E-state index in [1.54, 1.807) is 15.8 Å². The number of aromatic nitrogens is 2. The van der Waals surface area contributed by atoms with Gasteiger partial charge in [-0.2, -0.15) is 5.10 Å². The van der Waals surface area contributed by atoms with Crippen molar-refractivity contribution in [2.24, 2.45) is 7.05 Å². The molecule has 0 saturated carbocycles. The van der Waals surface area contributed by atoms with Gasteiger partial charge in [-0.05, 0) is 31.9 Å². The molecule has 2 aliphatic rings. The summed E-state index contributed by atoms with van der Waals surface area (Å²) in [6.45, 7) is 3.53. The van der Waals surface area contributed by atoms with Crippen molar-refractivity contribution in [3.05, 3.63) is 47.8 Å². The predicted molar refractivity (Wildman–Crippen MR) is 101 cm³/mol. The minimum Gasteiger partial charge on any atom is -0.361 e. The van der Waals surface area contributed by atoms with Crippen LogP contribution in [-0.2, 0) is 16.6 Å². The van der Waals surface area contributed by atoms with Crippen molar-refractivity contribution in [2.75, 3.05) is 31.1 Å². The highest BCUT2D eigenvalue weighted by atomic mass is 16.5. The van der Waals surface area contributed by atoms with E-state index in [9.17, 15) is 9.59 Å². The first-order valence-electron chi connectivity index (χ1n) is 9.26. The lowest BCUT2D eigenvalue weighted by atomic mass is 9.90. The van der Waals surface area contributed by atoms with Gasteiger partial charge >= 0.3 is 0 Å². The van der Waals surface area contributed by atoms with Gasteiger partial charge in [-0.3, -0.25) is 14.3 Å². The van der Waals surface area contributed by atoms with Crippen molar-refractivity contribution in [3.63, 3.8) is 0 Å². The number of amides is 2. The molecule has 1 unspecified atom stereocenters. The first-order valence-corrected chi connectivity index (χ1v) is 9.26. The molecule has 2 aromatic rings. The van der Waals surface area contributed by atoms with Crippen LogP contribution >= 0.6 is 0 Å². The van der Waals surface area contributed by atoms with E-state index in [2.05, 4.69) is 5.10 Å². The van der Waals surface area contributed by atoms with Gasteiger partial charge in [-0.25, -0.2) is 0 Å². The van der Waals surface area contributed by atoms with Gasteiger partial charge < -0.3 is 14.5 Å². The van der Waals surface area contributed by atoms with Crippen molar-refractivity contribution >= 4 is 17.5 Å². The number of carbonyl (C=O) groups excluding carboxylic acids is 2. The summed E-state index contributed by atoms with van der Waals surface area (Å²) in [4.78, 5) is 29.1. The quantitative estimate of drug-likeness (QED) is 0.810. The van der Waals surface area contributed by atoms with Crippen LogP contribution in [0.25, 0.3) is 0 Å². The monoisotopic (exact) mass is 368 g/mol. The van der Waals surface area contributed by atoms with Crippen LogP contribution in [0.15, 0.2) is 36.5 Å². The SMILES string of the molecule is Cc1nn(C)cc1C(=O)N1CCCC2(C1)CN(c1ccccc1)C(=O)CO2. The van der Waals surface area contributed by atoms with Gasteiger partial charge in [0, 0.05) is 25.5 Å². The van der Waals surface area contributed by atoms with Crippen LogP contribution in [0.2, 0.25) is 0 Å². The third kappa shape index (κ3) is 3.35. The molecule has 142 valence electrons. The van der Waals surface area contributed by atoms with Crippen LogP contribution in [0.1, 0.15) is 28.9 Å². The maximum atomic E-state index is 13.0. The van der Waals surface area contributed by atoms with Crippen LogP contribution in [0.3, 0.4) is 0 Å². The van der Waals surface area contributed by atoms with E-state index < -0.39 is 5.60 Å². The van der Waals surface area contributed by atoms with E-state index in [4.69, 9.17) is 4.74 Å². The molecule has 7 nitrogen and oxygen atoms in total. The number of morpholine rings is 1. The predicted octanol–water partition coefficient (Wildman–Crippen LogP) is 1.77. The van der Waals surface area contributed by atoms with Gasteiger partial charge in [-0.15, -0.1) is 0 Å². The highest BCUT2D eigenvalue weighted by Gasteiger charge is 2.44. The van der Waals surface area contributed by atoms with E-state index in [0.717, 1.165) is 24.2 Å². The van der Waals surface area contributed by atoms with E-state index in [1.165, 1.54) is 0 Å². The molecule has 27 heavy (non-hydrogen) atoms. The largest absolute Gasteiger partial charge is 0.361 e. The molecule has 2 saturated heterocycles. The Bertz CT molecular complexity index is 863. The zero-order chi connectivity index (χ0) is 19.0. The van der Waals surface area contributed by atoms with Crippen molar-refractivity contribution in [1.82, 2.24) is 14.7 Å². The smallest absolute Gasteiger partial charge is 0.257 e. The molecule has 2 fully saturated rings. The van der Waals surface area contributed by atoms with E-state index >= 15 is 0 Å².